The maximum Gasteiger partial charge on any atom is 0.246 e. The van der Waals surface area contributed by atoms with Crippen molar-refractivity contribution in [3.05, 3.63) is 59.4 Å². The molecule has 2 aliphatic rings. The zero-order valence-electron chi connectivity index (χ0n) is 16.5. The first-order valence-electron chi connectivity index (χ1n) is 9.71. The molecule has 1 atom stereocenters. The predicted octanol–water partition coefficient (Wildman–Crippen LogP) is 3.70. The maximum atomic E-state index is 14.4. The average Bonchev–Trinajstić information content (AvgIpc) is 2.73. The number of phenolic OH excluding ortho intramolecular Hbond substituents is 1. The van der Waals surface area contributed by atoms with E-state index in [1.54, 1.807) is 17.0 Å². The van der Waals surface area contributed by atoms with E-state index >= 15 is 0 Å². The van der Waals surface area contributed by atoms with Gasteiger partial charge in [0.1, 0.15) is 23.6 Å². The second kappa shape index (κ2) is 7.99. The molecule has 0 bridgehead atoms. The zero-order valence-corrected chi connectivity index (χ0v) is 17.3. The van der Waals surface area contributed by atoms with Crippen molar-refractivity contribution < 1.29 is 14.3 Å². The van der Waals surface area contributed by atoms with Gasteiger partial charge >= 0.3 is 0 Å². The van der Waals surface area contributed by atoms with E-state index < -0.39 is 5.82 Å². The van der Waals surface area contributed by atoms with Crippen LogP contribution in [0.4, 0.5) is 10.1 Å². The molecule has 4 rings (SSSR count). The van der Waals surface area contributed by atoms with Crippen LogP contribution in [-0.2, 0) is 4.79 Å². The summed E-state index contributed by atoms with van der Waals surface area (Å²) in [4.78, 5) is 20.5. The highest BCUT2D eigenvalue weighted by Gasteiger charge is 2.28. The number of benzene rings is 2. The summed E-state index contributed by atoms with van der Waals surface area (Å²) in [5.74, 6) is -0.00332. The minimum atomic E-state index is -0.544. The number of carbonyl (C=O) groups excluding carboxylic acids is 1. The summed E-state index contributed by atoms with van der Waals surface area (Å²) in [6.45, 7) is 7.90. The second-order valence-electron chi connectivity index (χ2n) is 7.30. The predicted molar refractivity (Wildman–Crippen MR) is 116 cm³/mol. The van der Waals surface area contributed by atoms with E-state index in [2.05, 4.69) is 16.8 Å². The van der Waals surface area contributed by atoms with Crippen molar-refractivity contribution in [2.24, 2.45) is 4.99 Å². The molecule has 0 aromatic heterocycles. The molecule has 2 aromatic carbocycles. The van der Waals surface area contributed by atoms with Crippen molar-refractivity contribution in [2.45, 2.75) is 13.1 Å². The van der Waals surface area contributed by atoms with Gasteiger partial charge in [-0.1, -0.05) is 24.2 Å². The van der Waals surface area contributed by atoms with E-state index in [-0.39, 0.29) is 23.4 Å². The number of rotatable bonds is 2. The fraction of sp³-hybridized carbons (Fsp3) is 0.273. The van der Waals surface area contributed by atoms with E-state index in [1.807, 2.05) is 6.92 Å². The normalized spacial score (nSPS) is 18.4. The van der Waals surface area contributed by atoms with Crippen LogP contribution in [0.3, 0.4) is 0 Å². The van der Waals surface area contributed by atoms with E-state index in [0.29, 0.717) is 36.8 Å². The molecular formula is C22H22ClFN4O2. The van der Waals surface area contributed by atoms with Gasteiger partial charge in [-0.2, -0.15) is 0 Å². The van der Waals surface area contributed by atoms with Crippen LogP contribution in [-0.4, -0.2) is 59.0 Å². The summed E-state index contributed by atoms with van der Waals surface area (Å²) in [7, 11) is 0. The number of hydrogen-bond donors (Lipinski definition) is 2. The van der Waals surface area contributed by atoms with Crippen molar-refractivity contribution in [1.29, 1.82) is 0 Å². The van der Waals surface area contributed by atoms with Gasteiger partial charge in [0.05, 0.1) is 5.56 Å². The Kier molecular flexibility index (Phi) is 5.39. The van der Waals surface area contributed by atoms with E-state index in [1.165, 1.54) is 24.3 Å². The van der Waals surface area contributed by atoms with Gasteiger partial charge in [0.15, 0.2) is 0 Å². The van der Waals surface area contributed by atoms with Gasteiger partial charge in [0.25, 0.3) is 0 Å². The first kappa shape index (κ1) is 20.2. The van der Waals surface area contributed by atoms with Crippen LogP contribution in [0.1, 0.15) is 12.5 Å². The second-order valence-corrected chi connectivity index (χ2v) is 7.71. The Morgan fingerprint density at radius 3 is 2.70 bits per heavy atom. The van der Waals surface area contributed by atoms with Gasteiger partial charge in [-0.05, 0) is 37.3 Å². The van der Waals surface area contributed by atoms with Crippen LogP contribution >= 0.6 is 11.6 Å². The molecule has 30 heavy (non-hydrogen) atoms. The summed E-state index contributed by atoms with van der Waals surface area (Å²) in [5.41, 5.74) is 2.05. The Morgan fingerprint density at radius 2 is 2.03 bits per heavy atom. The number of anilines is 1. The molecular weight excluding hydrogens is 407 g/mol. The molecule has 2 N–H and O–H groups in total. The molecule has 2 heterocycles. The van der Waals surface area contributed by atoms with E-state index in [4.69, 9.17) is 16.6 Å². The van der Waals surface area contributed by atoms with Crippen molar-refractivity contribution >= 4 is 29.0 Å². The van der Waals surface area contributed by atoms with Crippen LogP contribution in [0.2, 0.25) is 5.02 Å². The Balaban J connectivity index is 1.69. The van der Waals surface area contributed by atoms with Gasteiger partial charge in [-0.15, -0.1) is 0 Å². The summed E-state index contributed by atoms with van der Waals surface area (Å²) in [6, 6.07) is 7.66. The lowest BCUT2D eigenvalue weighted by atomic mass is 9.98. The standard InChI is InChI=1S/C22H22ClFN4O2/c1-3-20(30)27-7-9-28(10-8-27)22-15-11-16(23)14(12-18(15)25-13(2)26-22)21-17(24)5-4-6-19(21)29/h3-6,11-13,25,29H,1,7-10H2,2H3. The molecule has 0 spiro atoms. The fourth-order valence-electron chi connectivity index (χ4n) is 3.88. The third-order valence-corrected chi connectivity index (χ3v) is 5.67. The average molecular weight is 429 g/mol. The Morgan fingerprint density at radius 1 is 1.30 bits per heavy atom. The molecule has 1 saturated heterocycles. The number of hydrogen-bond acceptors (Lipinski definition) is 5. The molecule has 0 saturated carbocycles. The van der Waals surface area contributed by atoms with Crippen molar-refractivity contribution in [2.75, 3.05) is 31.5 Å². The quantitative estimate of drug-likeness (QED) is 0.716. The first-order valence-corrected chi connectivity index (χ1v) is 10.1. The van der Waals surface area contributed by atoms with Crippen LogP contribution < -0.4 is 5.32 Å². The van der Waals surface area contributed by atoms with E-state index in [9.17, 15) is 14.3 Å². The number of halogens is 2. The summed E-state index contributed by atoms with van der Waals surface area (Å²) in [6.07, 6.45) is 1.14. The minimum Gasteiger partial charge on any atom is -0.507 e. The van der Waals surface area contributed by atoms with Gasteiger partial charge in [0.2, 0.25) is 5.91 Å². The fourth-order valence-corrected chi connectivity index (χ4v) is 4.14. The molecule has 2 aliphatic heterocycles. The van der Waals surface area contributed by atoms with Crippen LogP contribution in [0, 0.1) is 5.82 Å². The van der Waals surface area contributed by atoms with Crippen molar-refractivity contribution in [1.82, 2.24) is 9.80 Å². The number of phenols is 1. The number of aliphatic imine (C=N–C) groups is 1. The monoisotopic (exact) mass is 428 g/mol. The third kappa shape index (κ3) is 3.61. The number of piperazine rings is 1. The molecule has 1 fully saturated rings. The molecule has 1 unspecified atom stereocenters. The molecule has 156 valence electrons. The third-order valence-electron chi connectivity index (χ3n) is 5.35. The Hall–Kier alpha value is -3.06. The Labute approximate surface area is 179 Å². The highest BCUT2D eigenvalue weighted by atomic mass is 35.5. The minimum absolute atomic E-state index is 0.0698. The van der Waals surface area contributed by atoms with Crippen LogP contribution in [0.25, 0.3) is 11.1 Å². The number of nitrogens with one attached hydrogen (secondary N) is 1. The lowest BCUT2D eigenvalue weighted by molar-refractivity contribution is -0.127. The van der Waals surface area contributed by atoms with Gasteiger partial charge in [0, 0.05) is 48.0 Å². The van der Waals surface area contributed by atoms with Gasteiger partial charge in [-0.3, -0.25) is 4.79 Å². The number of amidine groups is 1. The van der Waals surface area contributed by atoms with Crippen molar-refractivity contribution in [3.63, 3.8) is 0 Å². The number of amides is 1. The molecule has 8 heteroatoms. The smallest absolute Gasteiger partial charge is 0.246 e. The number of fused-ring (bicyclic) bond motifs is 1. The SMILES string of the molecule is C=CC(=O)N1CCN(C2=NC(C)Nc3cc(-c4c(O)cccc4F)c(Cl)cc32)CC1. The number of nitrogens with zero attached hydrogens (tertiary/aromatic N) is 3. The van der Waals surface area contributed by atoms with Gasteiger partial charge < -0.3 is 20.2 Å². The number of aromatic hydroxyl groups is 1. The summed E-state index contributed by atoms with van der Waals surface area (Å²) >= 11 is 6.52. The molecule has 6 nitrogen and oxygen atoms in total. The topological polar surface area (TPSA) is 68.2 Å². The van der Waals surface area contributed by atoms with Crippen molar-refractivity contribution in [3.8, 4) is 16.9 Å². The first-order chi connectivity index (χ1) is 14.4. The largest absolute Gasteiger partial charge is 0.507 e. The highest BCUT2D eigenvalue weighted by Crippen LogP contribution is 2.40. The molecule has 1 amide bonds. The maximum absolute atomic E-state index is 14.4. The highest BCUT2D eigenvalue weighted by molar-refractivity contribution is 6.34. The lowest BCUT2D eigenvalue weighted by Gasteiger charge is -2.38. The lowest BCUT2D eigenvalue weighted by Crippen LogP contribution is -2.51. The summed E-state index contributed by atoms with van der Waals surface area (Å²) < 4.78 is 14.4. The Bertz CT molecular complexity index is 1030. The van der Waals surface area contributed by atoms with Crippen LogP contribution in [0.15, 0.2) is 48.0 Å². The van der Waals surface area contributed by atoms with E-state index in [0.717, 1.165) is 17.1 Å². The summed E-state index contributed by atoms with van der Waals surface area (Å²) in [5, 5.41) is 13.8. The van der Waals surface area contributed by atoms with Gasteiger partial charge in [-0.25, -0.2) is 9.38 Å². The molecule has 0 radical (unpaired) electrons. The van der Waals surface area contributed by atoms with Crippen LogP contribution in [0.5, 0.6) is 5.75 Å². The number of carbonyl (C=O) groups is 1. The molecule has 2 aromatic rings. The zero-order chi connectivity index (χ0) is 21.4. The molecule has 0 aliphatic carbocycles.